The van der Waals surface area contributed by atoms with Crippen molar-refractivity contribution in [1.82, 2.24) is 40.4 Å². The van der Waals surface area contributed by atoms with E-state index in [0.717, 1.165) is 44.5 Å². The van der Waals surface area contributed by atoms with Gasteiger partial charge >= 0.3 is 5.97 Å². The minimum absolute atomic E-state index is 0.00802. The molecule has 4 amide bonds. The summed E-state index contributed by atoms with van der Waals surface area (Å²) >= 11 is 0. The van der Waals surface area contributed by atoms with E-state index in [4.69, 9.17) is 14.5 Å². The molecule has 4 aliphatic heterocycles. The summed E-state index contributed by atoms with van der Waals surface area (Å²) in [5, 5.41) is 19.9. The van der Waals surface area contributed by atoms with E-state index in [1.165, 1.54) is 21.9 Å². The van der Waals surface area contributed by atoms with Gasteiger partial charge in [0.2, 0.25) is 17.7 Å². The summed E-state index contributed by atoms with van der Waals surface area (Å²) in [5.41, 5.74) is 10.0. The Morgan fingerprint density at radius 3 is 2.49 bits per heavy atom. The van der Waals surface area contributed by atoms with Gasteiger partial charge in [0.25, 0.3) is 5.91 Å². The zero-order valence-corrected chi connectivity index (χ0v) is 40.9. The fourth-order valence-electron chi connectivity index (χ4n) is 10.3. The van der Waals surface area contributed by atoms with Crippen LogP contribution in [0.25, 0.3) is 33.3 Å². The molecular weight excluding hydrogens is 865 g/mol. The first-order chi connectivity index (χ1) is 32.3. The largest absolute Gasteiger partial charge is 0.508 e. The zero-order chi connectivity index (χ0) is 48.8. The van der Waals surface area contributed by atoms with Gasteiger partial charge in [0, 0.05) is 73.6 Å². The predicted octanol–water partition coefficient (Wildman–Crippen LogP) is 4.80. The lowest BCUT2D eigenvalue weighted by Crippen LogP contribution is -2.62. The molecule has 0 saturated carbocycles. The zero-order valence-electron chi connectivity index (χ0n) is 40.9. The average Bonchev–Trinajstić information content (AvgIpc) is 4.00. The molecule has 3 saturated heterocycles. The van der Waals surface area contributed by atoms with Crippen LogP contribution in [0.3, 0.4) is 0 Å². The van der Waals surface area contributed by atoms with Gasteiger partial charge in [0.1, 0.15) is 29.9 Å². The second-order valence-corrected chi connectivity index (χ2v) is 20.7. The number of phenolic OH excluding ortho intramolecular Hbond substituents is 1. The Kier molecular flexibility index (Phi) is 14.0. The van der Waals surface area contributed by atoms with Crippen molar-refractivity contribution in [3.05, 3.63) is 71.5 Å². The molecule has 8 rings (SSSR count). The van der Waals surface area contributed by atoms with Crippen molar-refractivity contribution >= 4 is 40.5 Å². The van der Waals surface area contributed by atoms with E-state index in [9.17, 15) is 29.1 Å². The molecule has 3 fully saturated rings. The standard InChI is InChI=1S/C52H68N8O8/c1-10-59-41-16-15-32-23-37(41)38(47(59)36-13-11-17-53-43(36)29(2)3)24-52(6,7)28-68-51(66)39-14-12-18-60(56-39)49(64)40(21-31-19-33(32)22-35(61)20-31)54-48(63)46(30(4)5)58(9)42(62)25-57(8)50(65)45-44(55-45)34-26-67-27-34/h11,13,15-17,19-20,22-23,29-30,34,39-40,44-46,55-56,61H,10,12,14,18,21,24-28H2,1-9H3,(H,54,63)/t39-,40-,44-,45+,46-/m0/s1. The van der Waals surface area contributed by atoms with Crippen LogP contribution >= 0.6 is 0 Å². The Bertz CT molecular complexity index is 2580. The molecular formula is C52H68N8O8. The van der Waals surface area contributed by atoms with Crippen LogP contribution in [0.1, 0.15) is 84.0 Å². The highest BCUT2D eigenvalue weighted by atomic mass is 16.5. The second kappa shape index (κ2) is 19.6. The van der Waals surface area contributed by atoms with Gasteiger partial charge < -0.3 is 34.3 Å². The van der Waals surface area contributed by atoms with Gasteiger partial charge in [-0.3, -0.25) is 39.3 Å². The number of hydrogen-bond donors (Lipinski definition) is 4. The summed E-state index contributed by atoms with van der Waals surface area (Å²) in [5.74, 6) is -2.10. The molecule has 6 bridgehead atoms. The Labute approximate surface area is 399 Å². The first-order valence-electron chi connectivity index (χ1n) is 24.2. The number of amides is 4. The van der Waals surface area contributed by atoms with Crippen molar-refractivity contribution in [2.75, 3.05) is 47.0 Å². The number of nitrogens with zero attached hydrogens (tertiary/aromatic N) is 5. The minimum Gasteiger partial charge on any atom is -0.508 e. The third kappa shape index (κ3) is 9.99. The number of aromatic hydroxyl groups is 1. The maximum Gasteiger partial charge on any atom is 0.324 e. The topological polar surface area (TPSA) is 198 Å². The summed E-state index contributed by atoms with van der Waals surface area (Å²) < 4.78 is 13.7. The summed E-state index contributed by atoms with van der Waals surface area (Å²) in [6, 6.07) is 12.3. The molecule has 6 heterocycles. The fourth-order valence-corrected chi connectivity index (χ4v) is 10.3. The van der Waals surface area contributed by atoms with Crippen LogP contribution in [0.4, 0.5) is 0 Å². The first-order valence-corrected chi connectivity index (χ1v) is 24.2. The average molecular weight is 933 g/mol. The second-order valence-electron chi connectivity index (χ2n) is 20.7. The van der Waals surface area contributed by atoms with Gasteiger partial charge in [-0.15, -0.1) is 0 Å². The lowest BCUT2D eigenvalue weighted by Gasteiger charge is -2.37. The van der Waals surface area contributed by atoms with E-state index in [-0.39, 0.29) is 67.6 Å². The number of carbonyl (C=O) groups excluding carboxylic acids is 5. The maximum atomic E-state index is 14.7. The lowest BCUT2D eigenvalue weighted by molar-refractivity contribution is -0.155. The Balaban J connectivity index is 1.14. The highest BCUT2D eigenvalue weighted by Gasteiger charge is 2.50. The van der Waals surface area contributed by atoms with Gasteiger partial charge in [-0.2, -0.15) is 0 Å². The molecule has 2 aromatic carbocycles. The number of esters is 1. The molecule has 0 unspecified atom stereocenters. The molecule has 16 heteroatoms. The molecule has 16 nitrogen and oxygen atoms in total. The molecule has 5 atom stereocenters. The number of ether oxygens (including phenoxy) is 2. The number of cyclic esters (lactones) is 1. The van der Waals surface area contributed by atoms with Gasteiger partial charge in [0.15, 0.2) is 0 Å². The number of rotatable bonds is 11. The fraction of sp³-hybridized carbons (Fsp3) is 0.538. The van der Waals surface area contributed by atoms with Crippen LogP contribution in [0.5, 0.6) is 5.75 Å². The van der Waals surface area contributed by atoms with Crippen LogP contribution in [-0.4, -0.2) is 136 Å². The Morgan fingerprint density at radius 1 is 1.03 bits per heavy atom. The maximum absolute atomic E-state index is 14.7. The predicted molar refractivity (Wildman–Crippen MR) is 258 cm³/mol. The number of hydrogen-bond acceptors (Lipinski definition) is 11. The van der Waals surface area contributed by atoms with Gasteiger partial charge in [-0.1, -0.05) is 53.7 Å². The van der Waals surface area contributed by atoms with E-state index in [1.807, 2.05) is 38.2 Å². The molecule has 2 aromatic heterocycles. The summed E-state index contributed by atoms with van der Waals surface area (Å²) in [6.07, 6.45) is 3.34. The van der Waals surface area contributed by atoms with Crippen molar-refractivity contribution in [1.29, 1.82) is 0 Å². The van der Waals surface area contributed by atoms with E-state index in [2.05, 4.69) is 73.4 Å². The summed E-state index contributed by atoms with van der Waals surface area (Å²) in [7, 11) is 3.11. The first kappa shape index (κ1) is 48.6. The van der Waals surface area contributed by atoms with Crippen LogP contribution < -0.4 is 16.1 Å². The lowest BCUT2D eigenvalue weighted by atomic mass is 9.83. The van der Waals surface area contributed by atoms with E-state index in [0.29, 0.717) is 44.6 Å². The van der Waals surface area contributed by atoms with Crippen LogP contribution in [0.15, 0.2) is 54.7 Å². The van der Waals surface area contributed by atoms with E-state index >= 15 is 0 Å². The van der Waals surface area contributed by atoms with Crippen molar-refractivity contribution in [3.63, 3.8) is 0 Å². The number of likely N-dealkylation sites (N-methyl/N-ethyl adjacent to an activating group) is 2. The Hall–Kier alpha value is -5.84. The summed E-state index contributed by atoms with van der Waals surface area (Å²) in [4.78, 5) is 77.8. The molecule has 364 valence electrons. The third-order valence-corrected chi connectivity index (χ3v) is 14.0. The molecule has 4 N–H and O–H groups in total. The molecule has 0 aliphatic carbocycles. The normalized spacial score (nSPS) is 22.3. The smallest absolute Gasteiger partial charge is 0.324 e. The highest BCUT2D eigenvalue weighted by Crippen LogP contribution is 2.42. The van der Waals surface area contributed by atoms with Crippen LogP contribution in [0.2, 0.25) is 0 Å². The number of carbonyl (C=O) groups is 5. The van der Waals surface area contributed by atoms with Gasteiger partial charge in [0.05, 0.1) is 37.8 Å². The van der Waals surface area contributed by atoms with Gasteiger partial charge in [-0.05, 0) is 96.7 Å². The number of hydrazine groups is 1. The molecule has 68 heavy (non-hydrogen) atoms. The SMILES string of the molecule is CCn1c(-c2cccnc2C(C)C)c2c3cc(ccc31)-c1cc(O)cc(c1)C[C@H](NC(=O)[C@H](C(C)C)N(C)C(=O)CN(C)C(=O)[C@@H]1N[C@H]1C1COC1)C(=O)N1CCC[C@H](N1)C(=O)OCC(C)(C)C2. The number of nitrogens with one attached hydrogen (secondary N) is 3. The number of fused-ring (bicyclic) bond motifs is 6. The molecule has 0 radical (unpaired) electrons. The monoisotopic (exact) mass is 933 g/mol. The Morgan fingerprint density at radius 2 is 1.79 bits per heavy atom. The minimum atomic E-state index is -1.18. The van der Waals surface area contributed by atoms with Crippen LogP contribution in [0, 0.1) is 17.3 Å². The number of phenols is 1. The van der Waals surface area contributed by atoms with E-state index < -0.39 is 47.2 Å². The van der Waals surface area contributed by atoms with Crippen LogP contribution in [-0.2, 0) is 52.8 Å². The van der Waals surface area contributed by atoms with Crippen molar-refractivity contribution in [2.45, 2.75) is 117 Å². The molecule has 4 aromatic rings. The molecule has 0 spiro atoms. The van der Waals surface area contributed by atoms with Gasteiger partial charge in [-0.25, -0.2) is 5.43 Å². The number of pyridine rings is 1. The van der Waals surface area contributed by atoms with Crippen molar-refractivity contribution < 1.29 is 38.6 Å². The number of aryl methyl sites for hydroxylation is 1. The number of aromatic nitrogens is 2. The quantitative estimate of drug-likeness (QED) is 0.119. The number of benzene rings is 2. The summed E-state index contributed by atoms with van der Waals surface area (Å²) in [6.45, 7) is 16.3. The third-order valence-electron chi connectivity index (χ3n) is 14.0. The highest BCUT2D eigenvalue weighted by molar-refractivity contribution is 5.96. The molecule has 4 aliphatic rings. The van der Waals surface area contributed by atoms with Crippen molar-refractivity contribution in [3.8, 4) is 28.1 Å². The van der Waals surface area contributed by atoms with Crippen molar-refractivity contribution in [2.24, 2.45) is 17.3 Å². The van der Waals surface area contributed by atoms with E-state index in [1.54, 1.807) is 19.2 Å².